The van der Waals surface area contributed by atoms with Crippen LogP contribution in [0.5, 0.6) is 0 Å². The molecule has 0 radical (unpaired) electrons. The van der Waals surface area contributed by atoms with Crippen LogP contribution in [-0.4, -0.2) is 35.8 Å². The van der Waals surface area contributed by atoms with Gasteiger partial charge in [0.05, 0.1) is 36.1 Å². The van der Waals surface area contributed by atoms with Gasteiger partial charge in [-0.3, -0.25) is 10.4 Å². The first kappa shape index (κ1) is 17.6. The van der Waals surface area contributed by atoms with Crippen molar-refractivity contribution in [3.05, 3.63) is 48.1 Å². The molecule has 0 bridgehead atoms. The number of aromatic nitrogens is 2. The molecule has 7 nitrogen and oxygen atoms in total. The van der Waals surface area contributed by atoms with Crippen LogP contribution in [0.3, 0.4) is 0 Å². The summed E-state index contributed by atoms with van der Waals surface area (Å²) in [4.78, 5) is 11.7. The van der Waals surface area contributed by atoms with Crippen LogP contribution in [0, 0.1) is 5.92 Å². The van der Waals surface area contributed by atoms with Crippen molar-refractivity contribution in [1.29, 1.82) is 0 Å². The minimum atomic E-state index is 0.336. The van der Waals surface area contributed by atoms with E-state index in [1.54, 1.807) is 0 Å². The number of nitrogens with one attached hydrogen (secondary N) is 3. The van der Waals surface area contributed by atoms with E-state index in [0.29, 0.717) is 12.0 Å². The lowest BCUT2D eigenvalue weighted by atomic mass is 10.0. The summed E-state index contributed by atoms with van der Waals surface area (Å²) in [5.74, 6) is 2.10. The summed E-state index contributed by atoms with van der Waals surface area (Å²) in [6.07, 6.45) is 5.99. The number of nitrogens with zero attached hydrogens (tertiary/aromatic N) is 3. The number of fused-ring (bicyclic) bond motifs is 1. The largest absolute Gasteiger partial charge is 0.377 e. The number of hydrazine groups is 1. The highest BCUT2D eigenvalue weighted by Gasteiger charge is 2.20. The fourth-order valence-electron chi connectivity index (χ4n) is 3.31. The first-order valence-corrected chi connectivity index (χ1v) is 9.41. The molecule has 4 heterocycles. The molecule has 1 fully saturated rings. The van der Waals surface area contributed by atoms with Gasteiger partial charge < -0.3 is 20.4 Å². The van der Waals surface area contributed by atoms with Gasteiger partial charge in [-0.05, 0) is 42.7 Å². The van der Waals surface area contributed by atoms with Crippen LogP contribution in [0.4, 0.5) is 11.5 Å². The molecule has 3 N–H and O–H groups in total. The third kappa shape index (κ3) is 3.83. The predicted molar refractivity (Wildman–Crippen MR) is 108 cm³/mol. The molecule has 0 aliphatic carbocycles. The third-order valence-electron chi connectivity index (χ3n) is 4.91. The molecular weight excluding hydrogens is 340 g/mol. The first-order valence-electron chi connectivity index (χ1n) is 9.41. The Balaban J connectivity index is 1.59. The Bertz CT molecular complexity index is 891. The minimum Gasteiger partial charge on any atom is -0.377 e. The lowest BCUT2D eigenvalue weighted by Gasteiger charge is -2.35. The highest BCUT2D eigenvalue weighted by atomic mass is 16.5. The zero-order valence-corrected chi connectivity index (χ0v) is 16.0. The van der Waals surface area contributed by atoms with Crippen molar-refractivity contribution < 1.29 is 4.74 Å². The molecular formula is C20H26N6O. The summed E-state index contributed by atoms with van der Waals surface area (Å²) in [5, 5.41) is 3.34. The normalized spacial score (nSPS) is 20.0. The number of allylic oxidation sites excluding steroid dienone is 2. The number of hydrogen-bond acceptors (Lipinski definition) is 7. The highest BCUT2D eigenvalue weighted by Crippen LogP contribution is 2.24. The summed E-state index contributed by atoms with van der Waals surface area (Å²) < 4.78 is 5.54. The van der Waals surface area contributed by atoms with Gasteiger partial charge in [0.1, 0.15) is 11.6 Å². The Kier molecular flexibility index (Phi) is 4.85. The van der Waals surface area contributed by atoms with E-state index in [2.05, 4.69) is 59.0 Å². The van der Waals surface area contributed by atoms with Crippen molar-refractivity contribution in [3.63, 3.8) is 0 Å². The van der Waals surface area contributed by atoms with Crippen molar-refractivity contribution in [3.8, 4) is 0 Å². The van der Waals surface area contributed by atoms with Gasteiger partial charge in [-0.15, -0.1) is 0 Å². The first-order chi connectivity index (χ1) is 13.1. The van der Waals surface area contributed by atoms with Crippen LogP contribution in [0.1, 0.15) is 20.8 Å². The van der Waals surface area contributed by atoms with E-state index < -0.39 is 0 Å². The molecule has 0 unspecified atom stereocenters. The maximum Gasteiger partial charge on any atom is 0.132 e. The number of anilines is 2. The smallest absolute Gasteiger partial charge is 0.132 e. The molecule has 2 aliphatic rings. The molecule has 4 rings (SSSR count). The van der Waals surface area contributed by atoms with Crippen molar-refractivity contribution in [2.24, 2.45) is 5.92 Å². The van der Waals surface area contributed by atoms with Gasteiger partial charge >= 0.3 is 0 Å². The molecule has 1 saturated heterocycles. The fourth-order valence-corrected chi connectivity index (χ4v) is 3.31. The van der Waals surface area contributed by atoms with E-state index in [0.717, 1.165) is 48.1 Å². The molecule has 7 heteroatoms. The van der Waals surface area contributed by atoms with Crippen LogP contribution in [-0.2, 0) is 4.74 Å². The molecule has 27 heavy (non-hydrogen) atoms. The van der Waals surface area contributed by atoms with Gasteiger partial charge in [-0.1, -0.05) is 13.8 Å². The van der Waals surface area contributed by atoms with Gasteiger partial charge in [0.15, 0.2) is 0 Å². The number of pyridine rings is 2. The molecule has 2 aromatic rings. The molecule has 142 valence electrons. The summed E-state index contributed by atoms with van der Waals surface area (Å²) in [5.41, 5.74) is 10.3. The van der Waals surface area contributed by atoms with Crippen molar-refractivity contribution >= 4 is 22.5 Å². The van der Waals surface area contributed by atoms with E-state index in [4.69, 9.17) is 9.72 Å². The molecule has 0 spiro atoms. The second kappa shape index (κ2) is 7.44. The molecule has 0 amide bonds. The Morgan fingerprint density at radius 2 is 2.19 bits per heavy atom. The summed E-state index contributed by atoms with van der Waals surface area (Å²) in [6.45, 7) is 8.87. The molecule has 0 aromatic carbocycles. The van der Waals surface area contributed by atoms with Gasteiger partial charge in [-0.25, -0.2) is 4.98 Å². The van der Waals surface area contributed by atoms with Crippen molar-refractivity contribution in [2.45, 2.75) is 26.8 Å². The summed E-state index contributed by atoms with van der Waals surface area (Å²) >= 11 is 0. The number of rotatable bonds is 4. The maximum absolute atomic E-state index is 5.54. The second-order valence-electron chi connectivity index (χ2n) is 7.30. The van der Waals surface area contributed by atoms with Gasteiger partial charge in [-0.2, -0.15) is 0 Å². The molecule has 2 aliphatic heterocycles. The monoisotopic (exact) mass is 366 g/mol. The van der Waals surface area contributed by atoms with Gasteiger partial charge in [0.25, 0.3) is 0 Å². The summed E-state index contributed by atoms with van der Waals surface area (Å²) in [7, 11) is 0. The fraction of sp³-hybridized carbons (Fsp3) is 0.400. The van der Waals surface area contributed by atoms with Crippen LogP contribution in [0.2, 0.25) is 0 Å². The van der Waals surface area contributed by atoms with E-state index in [9.17, 15) is 0 Å². The molecule has 2 aromatic heterocycles. The average Bonchev–Trinajstić information content (AvgIpc) is 2.68. The maximum atomic E-state index is 5.54. The SMILES string of the molecule is CC(C)C1=CNNC(Nc2ccc3ncc(N4CCOC[C@H]4C)cc3n2)=C1. The Labute approximate surface area is 159 Å². The van der Waals surface area contributed by atoms with Crippen LogP contribution >= 0.6 is 0 Å². The Hall–Kier alpha value is -2.80. The van der Waals surface area contributed by atoms with Crippen LogP contribution in [0.15, 0.2) is 48.1 Å². The quantitative estimate of drug-likeness (QED) is 0.768. The number of ether oxygens (including phenoxy) is 1. The second-order valence-corrected chi connectivity index (χ2v) is 7.30. The number of morpholine rings is 1. The summed E-state index contributed by atoms with van der Waals surface area (Å²) in [6, 6.07) is 6.38. The zero-order valence-electron chi connectivity index (χ0n) is 16.0. The topological polar surface area (TPSA) is 74.3 Å². The van der Waals surface area contributed by atoms with Crippen molar-refractivity contribution in [1.82, 2.24) is 20.8 Å². The van der Waals surface area contributed by atoms with E-state index >= 15 is 0 Å². The highest BCUT2D eigenvalue weighted by molar-refractivity contribution is 5.79. The van der Waals surface area contributed by atoms with Crippen LogP contribution in [0.25, 0.3) is 11.0 Å². The van der Waals surface area contributed by atoms with E-state index in [1.165, 1.54) is 5.57 Å². The lowest BCUT2D eigenvalue weighted by Crippen LogP contribution is -2.43. The lowest BCUT2D eigenvalue weighted by molar-refractivity contribution is 0.0989. The number of hydrogen-bond donors (Lipinski definition) is 3. The minimum absolute atomic E-state index is 0.336. The Morgan fingerprint density at radius 3 is 3.00 bits per heavy atom. The third-order valence-corrected chi connectivity index (χ3v) is 4.91. The average molecular weight is 366 g/mol. The standard InChI is InChI=1S/C20H26N6O/c1-13(2)15-8-20(25-22-10-15)24-19-5-4-17-18(23-19)9-16(11-21-17)26-6-7-27-12-14(26)3/h4-5,8-11,13-14,22,25H,6-7,12H2,1-3H3,(H,23,24)/t14-/m1/s1. The molecule has 0 saturated carbocycles. The van der Waals surface area contributed by atoms with Crippen LogP contribution < -0.4 is 21.1 Å². The predicted octanol–water partition coefficient (Wildman–Crippen LogP) is 2.76. The molecule has 1 atom stereocenters. The van der Waals surface area contributed by atoms with E-state index in [1.807, 2.05) is 24.5 Å². The van der Waals surface area contributed by atoms with Gasteiger partial charge in [0.2, 0.25) is 0 Å². The van der Waals surface area contributed by atoms with Crippen molar-refractivity contribution in [2.75, 3.05) is 30.0 Å². The van der Waals surface area contributed by atoms with Gasteiger partial charge in [0, 0.05) is 18.8 Å². The zero-order chi connectivity index (χ0) is 18.8. The Morgan fingerprint density at radius 1 is 1.30 bits per heavy atom. The van der Waals surface area contributed by atoms with E-state index in [-0.39, 0.29) is 0 Å².